The number of carbonyl (C=O) groups is 2. The van der Waals surface area contributed by atoms with Crippen molar-refractivity contribution >= 4 is 11.6 Å². The molecule has 7 unspecified atom stereocenters. The maximum Gasteiger partial charge on any atom is 0.140 e. The van der Waals surface area contributed by atoms with Crippen LogP contribution in [0.5, 0.6) is 0 Å². The molecule has 0 saturated heterocycles. The van der Waals surface area contributed by atoms with Crippen LogP contribution in [0.3, 0.4) is 0 Å². The highest BCUT2D eigenvalue weighted by Crippen LogP contribution is 2.59. The maximum absolute atomic E-state index is 13.1. The summed E-state index contributed by atoms with van der Waals surface area (Å²) in [6, 6.07) is 0. The van der Waals surface area contributed by atoms with Gasteiger partial charge in [0, 0.05) is 17.8 Å². The number of aliphatic hydroxyl groups is 1. The van der Waals surface area contributed by atoms with Crippen LogP contribution in [0.1, 0.15) is 78.6 Å². The molecule has 7 atom stereocenters. The molecule has 136 valence electrons. The lowest BCUT2D eigenvalue weighted by molar-refractivity contribution is -0.147. The minimum atomic E-state index is -0.406. The van der Waals surface area contributed by atoms with E-state index in [1.54, 1.807) is 6.92 Å². The Morgan fingerprint density at radius 3 is 2.46 bits per heavy atom. The molecular formula is C21H34O3. The van der Waals surface area contributed by atoms with Gasteiger partial charge in [0.1, 0.15) is 11.6 Å². The molecule has 3 heteroatoms. The highest BCUT2D eigenvalue weighted by Gasteiger charge is 2.59. The van der Waals surface area contributed by atoms with Gasteiger partial charge in [0.05, 0.1) is 6.10 Å². The van der Waals surface area contributed by atoms with Gasteiger partial charge in [0.15, 0.2) is 0 Å². The molecule has 24 heavy (non-hydrogen) atoms. The minimum Gasteiger partial charge on any atom is -0.393 e. The van der Waals surface area contributed by atoms with Crippen LogP contribution in [0.2, 0.25) is 0 Å². The van der Waals surface area contributed by atoms with Gasteiger partial charge in [-0.05, 0) is 69.1 Å². The van der Waals surface area contributed by atoms with Crippen LogP contribution < -0.4 is 0 Å². The van der Waals surface area contributed by atoms with E-state index in [1.807, 2.05) is 0 Å². The number of rotatable bonds is 1. The normalized spacial score (nSPS) is 46.9. The molecule has 0 aromatic rings. The maximum atomic E-state index is 13.1. The average Bonchev–Trinajstić information content (AvgIpc) is 2.89. The van der Waals surface area contributed by atoms with Gasteiger partial charge in [-0.3, -0.25) is 9.59 Å². The van der Waals surface area contributed by atoms with Gasteiger partial charge in [0.25, 0.3) is 0 Å². The van der Waals surface area contributed by atoms with Crippen LogP contribution >= 0.6 is 0 Å². The first kappa shape index (κ1) is 18.1. The highest BCUT2D eigenvalue weighted by molar-refractivity contribution is 5.93. The van der Waals surface area contributed by atoms with E-state index < -0.39 is 5.41 Å². The van der Waals surface area contributed by atoms with E-state index in [2.05, 4.69) is 13.8 Å². The van der Waals surface area contributed by atoms with Crippen molar-refractivity contribution in [2.45, 2.75) is 84.7 Å². The number of carbonyl (C=O) groups excluding carboxylic acids is 2. The Morgan fingerprint density at radius 1 is 1.04 bits per heavy atom. The van der Waals surface area contributed by atoms with Gasteiger partial charge < -0.3 is 5.11 Å². The lowest BCUT2D eigenvalue weighted by atomic mass is 9.54. The Morgan fingerprint density at radius 2 is 1.75 bits per heavy atom. The molecule has 0 radical (unpaired) electrons. The van der Waals surface area contributed by atoms with E-state index in [0.717, 1.165) is 44.9 Å². The van der Waals surface area contributed by atoms with E-state index in [4.69, 9.17) is 0 Å². The van der Waals surface area contributed by atoms with Crippen molar-refractivity contribution in [2.24, 2.45) is 35.0 Å². The van der Waals surface area contributed by atoms with Crippen LogP contribution in [0, 0.1) is 35.0 Å². The quantitative estimate of drug-likeness (QED) is 0.783. The standard InChI is InChI=1S/C21H34O3/c1-13-8-9-15(23)6-4-5-7-16-17(13)12-20(24)21(3)18(14(2)22)10-11-19(16)21/h13,15-19,23H,4-12H2,1-3H3. The van der Waals surface area contributed by atoms with Gasteiger partial charge in [-0.25, -0.2) is 0 Å². The molecule has 0 amide bonds. The smallest absolute Gasteiger partial charge is 0.140 e. The van der Waals surface area contributed by atoms with Crippen LogP contribution in [0.25, 0.3) is 0 Å². The Labute approximate surface area is 146 Å². The Bertz CT molecular complexity index is 499. The van der Waals surface area contributed by atoms with Gasteiger partial charge in [-0.1, -0.05) is 26.7 Å². The molecule has 3 rings (SSSR count). The molecule has 3 aliphatic carbocycles. The number of aliphatic hydroxyl groups excluding tert-OH is 1. The van der Waals surface area contributed by atoms with Gasteiger partial charge in [-0.15, -0.1) is 0 Å². The summed E-state index contributed by atoms with van der Waals surface area (Å²) < 4.78 is 0. The second-order valence-electron chi connectivity index (χ2n) is 9.08. The number of hydrogen-bond donors (Lipinski definition) is 1. The first-order chi connectivity index (χ1) is 11.4. The molecule has 1 N–H and O–H groups in total. The van der Waals surface area contributed by atoms with Crippen LogP contribution in [0.15, 0.2) is 0 Å². The topological polar surface area (TPSA) is 54.4 Å². The summed E-state index contributed by atoms with van der Waals surface area (Å²) in [7, 11) is 0. The summed E-state index contributed by atoms with van der Waals surface area (Å²) in [6.45, 7) is 6.05. The van der Waals surface area contributed by atoms with E-state index in [9.17, 15) is 14.7 Å². The monoisotopic (exact) mass is 334 g/mol. The predicted molar refractivity (Wildman–Crippen MR) is 94.5 cm³/mol. The van der Waals surface area contributed by atoms with Gasteiger partial charge in [-0.2, -0.15) is 0 Å². The van der Waals surface area contributed by atoms with Crippen molar-refractivity contribution in [3.05, 3.63) is 0 Å². The summed E-state index contributed by atoms with van der Waals surface area (Å²) >= 11 is 0. The third kappa shape index (κ3) is 2.98. The van der Waals surface area contributed by atoms with Crippen molar-refractivity contribution in [1.29, 1.82) is 0 Å². The summed E-state index contributed by atoms with van der Waals surface area (Å²) in [5.41, 5.74) is -0.406. The third-order valence-corrected chi connectivity index (χ3v) is 7.85. The fourth-order valence-electron chi connectivity index (χ4n) is 6.39. The first-order valence-corrected chi connectivity index (χ1v) is 10.1. The van der Waals surface area contributed by atoms with E-state index in [1.165, 1.54) is 6.42 Å². The van der Waals surface area contributed by atoms with Crippen molar-refractivity contribution in [1.82, 2.24) is 0 Å². The zero-order chi connectivity index (χ0) is 17.5. The summed E-state index contributed by atoms with van der Waals surface area (Å²) in [5.74, 6) is 2.42. The lowest BCUT2D eigenvalue weighted by Crippen LogP contribution is -2.50. The van der Waals surface area contributed by atoms with Crippen LogP contribution in [-0.2, 0) is 9.59 Å². The first-order valence-electron chi connectivity index (χ1n) is 10.1. The third-order valence-electron chi connectivity index (χ3n) is 7.85. The molecular weight excluding hydrogens is 300 g/mol. The Kier molecular flexibility index (Phi) is 5.20. The molecule has 0 heterocycles. The van der Waals surface area contributed by atoms with Gasteiger partial charge >= 0.3 is 0 Å². The highest BCUT2D eigenvalue weighted by atomic mass is 16.3. The van der Waals surface area contributed by atoms with Crippen molar-refractivity contribution in [3.8, 4) is 0 Å². The van der Waals surface area contributed by atoms with Crippen LogP contribution in [0.4, 0.5) is 0 Å². The van der Waals surface area contributed by atoms with Crippen LogP contribution in [-0.4, -0.2) is 22.8 Å². The lowest BCUT2D eigenvalue weighted by Gasteiger charge is -2.49. The molecule has 3 nitrogen and oxygen atoms in total. The number of hydrogen-bond acceptors (Lipinski definition) is 3. The Balaban J connectivity index is 1.88. The molecule has 0 aromatic carbocycles. The molecule has 0 aliphatic heterocycles. The minimum absolute atomic E-state index is 0.0523. The number of Topliss-reactive ketones (excluding diaryl/α,β-unsaturated/α-hetero) is 2. The van der Waals surface area contributed by atoms with Crippen molar-refractivity contribution in [2.75, 3.05) is 0 Å². The molecule has 0 aromatic heterocycles. The second-order valence-corrected chi connectivity index (χ2v) is 9.08. The zero-order valence-corrected chi connectivity index (χ0v) is 15.6. The molecule has 0 bridgehead atoms. The fourth-order valence-corrected chi connectivity index (χ4v) is 6.39. The molecule has 0 spiro atoms. The zero-order valence-electron chi connectivity index (χ0n) is 15.6. The summed E-state index contributed by atoms with van der Waals surface area (Å²) in [6.07, 6.45) is 8.65. The fraction of sp³-hybridized carbons (Fsp3) is 0.905. The second kappa shape index (κ2) is 6.90. The van der Waals surface area contributed by atoms with E-state index in [-0.39, 0.29) is 17.8 Å². The van der Waals surface area contributed by atoms with E-state index in [0.29, 0.717) is 35.9 Å². The SMILES string of the molecule is CC(=O)C1CCC2C3CCCCC(O)CCC(C)C3CC(=O)C12C. The van der Waals surface area contributed by atoms with Crippen molar-refractivity contribution in [3.63, 3.8) is 0 Å². The largest absolute Gasteiger partial charge is 0.393 e. The number of fused-ring (bicyclic) bond motifs is 3. The predicted octanol–water partition coefficient (Wildman–Crippen LogP) is 4.16. The summed E-state index contributed by atoms with van der Waals surface area (Å²) in [4.78, 5) is 25.3. The summed E-state index contributed by atoms with van der Waals surface area (Å²) in [5, 5.41) is 10.1. The molecule has 3 saturated carbocycles. The molecule has 3 fully saturated rings. The van der Waals surface area contributed by atoms with Gasteiger partial charge in [0.2, 0.25) is 0 Å². The number of ketones is 2. The van der Waals surface area contributed by atoms with Crippen molar-refractivity contribution < 1.29 is 14.7 Å². The Hall–Kier alpha value is -0.700. The molecule has 3 aliphatic rings. The van der Waals surface area contributed by atoms with E-state index >= 15 is 0 Å². The average molecular weight is 335 g/mol.